The zero-order chi connectivity index (χ0) is 14.1. The molecule has 2 nitrogen and oxygen atoms in total. The molecular formula is C17H26O2. The molecule has 0 aromatic heterocycles. The van der Waals surface area contributed by atoms with E-state index in [0.29, 0.717) is 12.8 Å². The van der Waals surface area contributed by atoms with Crippen molar-refractivity contribution in [2.75, 3.05) is 0 Å². The molecular weight excluding hydrogens is 236 g/mol. The Labute approximate surface area is 116 Å². The minimum atomic E-state index is -0.929. The largest absolute Gasteiger partial charge is 0.387 e. The molecule has 1 unspecified atom stereocenters. The van der Waals surface area contributed by atoms with Gasteiger partial charge in [-0.15, -0.1) is 0 Å². The van der Waals surface area contributed by atoms with Gasteiger partial charge in [0.2, 0.25) is 0 Å². The van der Waals surface area contributed by atoms with Crippen LogP contribution in [0.2, 0.25) is 0 Å². The summed E-state index contributed by atoms with van der Waals surface area (Å²) < 4.78 is 0. The van der Waals surface area contributed by atoms with Gasteiger partial charge < -0.3 is 10.2 Å². The molecule has 0 bridgehead atoms. The van der Waals surface area contributed by atoms with Gasteiger partial charge in [-0.3, -0.25) is 0 Å². The van der Waals surface area contributed by atoms with Gasteiger partial charge in [0.05, 0.1) is 5.60 Å². The second kappa shape index (κ2) is 5.26. The molecule has 1 aromatic carbocycles. The van der Waals surface area contributed by atoms with Gasteiger partial charge in [-0.2, -0.15) is 0 Å². The highest BCUT2D eigenvalue weighted by Crippen LogP contribution is 2.38. The number of hydrogen-bond acceptors (Lipinski definition) is 2. The predicted octanol–water partition coefficient (Wildman–Crippen LogP) is 3.71. The Morgan fingerprint density at radius 2 is 1.53 bits per heavy atom. The molecule has 0 amide bonds. The lowest BCUT2D eigenvalue weighted by Gasteiger charge is -2.36. The van der Waals surface area contributed by atoms with E-state index in [4.69, 9.17) is 0 Å². The normalized spacial score (nSPS) is 21.1. The Bertz CT molecular complexity index is 408. The molecule has 1 aromatic rings. The van der Waals surface area contributed by atoms with Crippen LogP contribution < -0.4 is 0 Å². The number of aliphatic hydroxyl groups excluding tert-OH is 1. The summed E-state index contributed by atoms with van der Waals surface area (Å²) in [4.78, 5) is 0. The molecule has 1 atom stereocenters. The first kappa shape index (κ1) is 14.5. The number of benzene rings is 1. The maximum atomic E-state index is 10.6. The van der Waals surface area contributed by atoms with Crippen molar-refractivity contribution in [3.05, 3.63) is 35.4 Å². The summed E-state index contributed by atoms with van der Waals surface area (Å²) in [6.07, 6.45) is 3.82. The second-order valence-electron chi connectivity index (χ2n) is 6.94. The fourth-order valence-corrected chi connectivity index (χ4v) is 2.91. The molecule has 1 aliphatic carbocycles. The molecule has 2 heteroatoms. The highest BCUT2D eigenvalue weighted by Gasteiger charge is 2.37. The lowest BCUT2D eigenvalue weighted by atomic mass is 9.78. The summed E-state index contributed by atoms with van der Waals surface area (Å²) in [7, 11) is 0. The lowest BCUT2D eigenvalue weighted by Crippen LogP contribution is -2.38. The Morgan fingerprint density at radius 1 is 1.00 bits per heavy atom. The average Bonchev–Trinajstić information content (AvgIpc) is 2.38. The Morgan fingerprint density at radius 3 is 2.00 bits per heavy atom. The minimum Gasteiger partial charge on any atom is -0.387 e. The van der Waals surface area contributed by atoms with Gasteiger partial charge in [0.1, 0.15) is 6.10 Å². The van der Waals surface area contributed by atoms with E-state index in [2.05, 4.69) is 32.9 Å². The third-order valence-corrected chi connectivity index (χ3v) is 4.32. The van der Waals surface area contributed by atoms with Gasteiger partial charge in [-0.25, -0.2) is 0 Å². The van der Waals surface area contributed by atoms with Crippen molar-refractivity contribution in [2.45, 2.75) is 70.0 Å². The van der Waals surface area contributed by atoms with Crippen LogP contribution in [-0.4, -0.2) is 15.8 Å². The Hall–Kier alpha value is -0.860. The van der Waals surface area contributed by atoms with Crippen molar-refractivity contribution in [3.8, 4) is 0 Å². The number of aliphatic hydroxyl groups is 2. The van der Waals surface area contributed by atoms with Crippen molar-refractivity contribution < 1.29 is 10.2 Å². The van der Waals surface area contributed by atoms with Gasteiger partial charge >= 0.3 is 0 Å². The molecule has 1 fully saturated rings. The summed E-state index contributed by atoms with van der Waals surface area (Å²) >= 11 is 0. The highest BCUT2D eigenvalue weighted by molar-refractivity contribution is 5.29. The highest BCUT2D eigenvalue weighted by atomic mass is 16.3. The van der Waals surface area contributed by atoms with E-state index < -0.39 is 11.7 Å². The molecule has 0 heterocycles. The summed E-state index contributed by atoms with van der Waals surface area (Å²) in [5, 5.41) is 21.0. The topological polar surface area (TPSA) is 40.5 Å². The van der Waals surface area contributed by atoms with Crippen LogP contribution in [0.4, 0.5) is 0 Å². The maximum absolute atomic E-state index is 10.6. The van der Waals surface area contributed by atoms with Crippen molar-refractivity contribution in [1.29, 1.82) is 0 Å². The zero-order valence-corrected chi connectivity index (χ0v) is 12.3. The molecule has 0 spiro atoms. The van der Waals surface area contributed by atoms with Gasteiger partial charge in [-0.1, -0.05) is 64.3 Å². The maximum Gasteiger partial charge on any atom is 0.108 e. The van der Waals surface area contributed by atoms with Gasteiger partial charge in [0.15, 0.2) is 0 Å². The standard InChI is InChI=1S/C17H26O2/c1-16(2,3)14-9-7-13(8-10-14)15(18)17(19)11-5-4-6-12-17/h7-10,15,18-19H,4-6,11-12H2,1-3H3. The van der Waals surface area contributed by atoms with E-state index in [1.165, 1.54) is 5.56 Å². The minimum absolute atomic E-state index is 0.116. The molecule has 1 aliphatic rings. The van der Waals surface area contributed by atoms with Crippen LogP contribution in [0, 0.1) is 0 Å². The monoisotopic (exact) mass is 262 g/mol. The van der Waals surface area contributed by atoms with Crippen LogP contribution in [0.15, 0.2) is 24.3 Å². The van der Waals surface area contributed by atoms with Crippen molar-refractivity contribution in [2.24, 2.45) is 0 Å². The Kier molecular flexibility index (Phi) is 4.03. The third kappa shape index (κ3) is 3.18. The molecule has 0 saturated heterocycles. The summed E-state index contributed by atoms with van der Waals surface area (Å²) in [6, 6.07) is 8.03. The van der Waals surface area contributed by atoms with Crippen LogP contribution >= 0.6 is 0 Å². The fourth-order valence-electron chi connectivity index (χ4n) is 2.91. The van der Waals surface area contributed by atoms with Crippen LogP contribution in [0.25, 0.3) is 0 Å². The number of hydrogen-bond donors (Lipinski definition) is 2. The van der Waals surface area contributed by atoms with E-state index in [1.807, 2.05) is 12.1 Å². The molecule has 0 radical (unpaired) electrons. The second-order valence-corrected chi connectivity index (χ2v) is 6.94. The van der Waals surface area contributed by atoms with Crippen LogP contribution in [0.5, 0.6) is 0 Å². The zero-order valence-electron chi connectivity index (χ0n) is 12.3. The van der Waals surface area contributed by atoms with E-state index in [-0.39, 0.29) is 5.41 Å². The van der Waals surface area contributed by atoms with Crippen molar-refractivity contribution in [1.82, 2.24) is 0 Å². The smallest absolute Gasteiger partial charge is 0.108 e. The first-order chi connectivity index (χ1) is 8.83. The molecule has 106 valence electrons. The fraction of sp³-hybridized carbons (Fsp3) is 0.647. The average molecular weight is 262 g/mol. The van der Waals surface area contributed by atoms with Gasteiger partial charge in [0.25, 0.3) is 0 Å². The van der Waals surface area contributed by atoms with Crippen molar-refractivity contribution in [3.63, 3.8) is 0 Å². The Balaban J connectivity index is 2.17. The van der Waals surface area contributed by atoms with E-state index >= 15 is 0 Å². The van der Waals surface area contributed by atoms with E-state index in [0.717, 1.165) is 24.8 Å². The SMILES string of the molecule is CC(C)(C)c1ccc(C(O)C2(O)CCCCC2)cc1. The summed E-state index contributed by atoms with van der Waals surface area (Å²) in [6.45, 7) is 6.52. The molecule has 19 heavy (non-hydrogen) atoms. The third-order valence-electron chi connectivity index (χ3n) is 4.32. The summed E-state index contributed by atoms with van der Waals surface area (Å²) in [5.74, 6) is 0. The predicted molar refractivity (Wildman–Crippen MR) is 78.1 cm³/mol. The van der Waals surface area contributed by atoms with Gasteiger partial charge in [-0.05, 0) is 29.4 Å². The lowest BCUT2D eigenvalue weighted by molar-refractivity contribution is -0.0991. The van der Waals surface area contributed by atoms with E-state index in [1.54, 1.807) is 0 Å². The van der Waals surface area contributed by atoms with Gasteiger partial charge in [0, 0.05) is 0 Å². The molecule has 0 aliphatic heterocycles. The molecule has 1 saturated carbocycles. The molecule has 2 rings (SSSR count). The van der Waals surface area contributed by atoms with Crippen LogP contribution in [-0.2, 0) is 5.41 Å². The van der Waals surface area contributed by atoms with Crippen LogP contribution in [0.1, 0.15) is 70.1 Å². The van der Waals surface area contributed by atoms with E-state index in [9.17, 15) is 10.2 Å². The molecule has 2 N–H and O–H groups in total. The first-order valence-electron chi connectivity index (χ1n) is 7.34. The quantitative estimate of drug-likeness (QED) is 0.853. The van der Waals surface area contributed by atoms with Crippen LogP contribution in [0.3, 0.4) is 0 Å². The van der Waals surface area contributed by atoms with Crippen molar-refractivity contribution >= 4 is 0 Å². The number of rotatable bonds is 2. The summed E-state index contributed by atoms with van der Waals surface area (Å²) in [5.41, 5.74) is 1.27. The first-order valence-corrected chi connectivity index (χ1v) is 7.34.